The Morgan fingerprint density at radius 3 is 2.22 bits per heavy atom. The minimum Gasteiger partial charge on any atom is -0.312 e. The highest BCUT2D eigenvalue weighted by molar-refractivity contribution is 5.87. The zero-order valence-electron chi connectivity index (χ0n) is 16.6. The molecule has 0 amide bonds. The molecule has 27 heavy (non-hydrogen) atoms. The standard InChI is InChI=1S/C25H25NO/c1-17-14-19(15-20-8-6-7-9-21(17)20)11-10-18-12-13-22-23(16-18)25(4,5)26(27)24(22,2)3/h6-9,12-16,27H,1-5H3. The van der Waals surface area contributed by atoms with Gasteiger partial charge in [0, 0.05) is 11.1 Å². The van der Waals surface area contributed by atoms with Gasteiger partial charge in [0.05, 0.1) is 11.1 Å². The van der Waals surface area contributed by atoms with Crippen molar-refractivity contribution in [1.29, 1.82) is 0 Å². The lowest BCUT2D eigenvalue weighted by Gasteiger charge is -2.34. The number of nitrogens with zero attached hydrogens (tertiary/aromatic N) is 1. The molecule has 1 N–H and O–H groups in total. The van der Waals surface area contributed by atoms with Crippen molar-refractivity contribution in [2.75, 3.05) is 0 Å². The van der Waals surface area contributed by atoms with E-state index in [1.807, 2.05) is 27.7 Å². The molecule has 0 saturated heterocycles. The second-order valence-electron chi connectivity index (χ2n) is 8.45. The molecule has 0 radical (unpaired) electrons. The average Bonchev–Trinajstić information content (AvgIpc) is 2.78. The molecule has 3 aromatic carbocycles. The molecule has 4 rings (SSSR count). The Bertz CT molecular complexity index is 1110. The molecule has 0 atom stereocenters. The summed E-state index contributed by atoms with van der Waals surface area (Å²) in [4.78, 5) is 0. The third kappa shape index (κ3) is 2.75. The molecule has 1 aliphatic rings. The smallest absolute Gasteiger partial charge is 0.0666 e. The van der Waals surface area contributed by atoms with E-state index in [-0.39, 0.29) is 0 Å². The predicted molar refractivity (Wildman–Crippen MR) is 111 cm³/mol. The van der Waals surface area contributed by atoms with Crippen LogP contribution in [0.5, 0.6) is 0 Å². The number of fused-ring (bicyclic) bond motifs is 2. The van der Waals surface area contributed by atoms with Crippen LogP contribution in [0.15, 0.2) is 54.6 Å². The average molecular weight is 355 g/mol. The fourth-order valence-corrected chi connectivity index (χ4v) is 4.31. The first-order valence-electron chi connectivity index (χ1n) is 9.37. The quantitative estimate of drug-likeness (QED) is 0.521. The van der Waals surface area contributed by atoms with E-state index in [4.69, 9.17) is 0 Å². The van der Waals surface area contributed by atoms with E-state index >= 15 is 0 Å². The minimum atomic E-state index is -0.434. The second-order valence-corrected chi connectivity index (χ2v) is 8.45. The topological polar surface area (TPSA) is 23.5 Å². The zero-order valence-corrected chi connectivity index (χ0v) is 16.6. The van der Waals surface area contributed by atoms with Gasteiger partial charge in [0.25, 0.3) is 0 Å². The first-order chi connectivity index (χ1) is 12.7. The normalized spacial score (nSPS) is 17.4. The molecule has 0 saturated carbocycles. The summed E-state index contributed by atoms with van der Waals surface area (Å²) in [6, 6.07) is 19.0. The molecular weight excluding hydrogens is 330 g/mol. The highest BCUT2D eigenvalue weighted by Gasteiger charge is 2.48. The Balaban J connectivity index is 1.76. The molecule has 0 spiro atoms. The van der Waals surface area contributed by atoms with Crippen LogP contribution in [0.4, 0.5) is 0 Å². The summed E-state index contributed by atoms with van der Waals surface area (Å²) in [5.74, 6) is 6.63. The number of hydrogen-bond donors (Lipinski definition) is 1. The maximum Gasteiger partial charge on any atom is 0.0666 e. The van der Waals surface area contributed by atoms with Gasteiger partial charge in [0.2, 0.25) is 0 Å². The monoisotopic (exact) mass is 355 g/mol. The Morgan fingerprint density at radius 2 is 1.44 bits per heavy atom. The lowest BCUT2D eigenvalue weighted by molar-refractivity contribution is -0.216. The molecule has 3 aromatic rings. The third-order valence-corrected chi connectivity index (χ3v) is 5.82. The van der Waals surface area contributed by atoms with Gasteiger partial charge in [-0.15, -0.1) is 0 Å². The minimum absolute atomic E-state index is 0.403. The summed E-state index contributed by atoms with van der Waals surface area (Å²) in [6.45, 7) is 10.3. The van der Waals surface area contributed by atoms with Crippen LogP contribution in [-0.2, 0) is 11.1 Å². The first kappa shape index (κ1) is 17.8. The highest BCUT2D eigenvalue weighted by Crippen LogP contribution is 2.48. The summed E-state index contributed by atoms with van der Waals surface area (Å²) in [6.07, 6.45) is 0. The fourth-order valence-electron chi connectivity index (χ4n) is 4.31. The van der Waals surface area contributed by atoms with Gasteiger partial charge in [-0.1, -0.05) is 42.2 Å². The Labute approximate surface area is 161 Å². The van der Waals surface area contributed by atoms with Gasteiger partial charge in [-0.25, -0.2) is 0 Å². The predicted octanol–water partition coefficient (Wildman–Crippen LogP) is 5.72. The van der Waals surface area contributed by atoms with Crippen LogP contribution in [0.2, 0.25) is 0 Å². The lowest BCUT2D eigenvalue weighted by atomic mass is 9.89. The summed E-state index contributed by atoms with van der Waals surface area (Å²) >= 11 is 0. The van der Waals surface area contributed by atoms with Crippen molar-refractivity contribution in [2.24, 2.45) is 0 Å². The van der Waals surface area contributed by atoms with Gasteiger partial charge in [-0.2, -0.15) is 5.06 Å². The molecule has 1 aliphatic heterocycles. The number of hydrogen-bond acceptors (Lipinski definition) is 2. The maximum atomic E-state index is 10.6. The van der Waals surface area contributed by atoms with Crippen LogP contribution in [0.25, 0.3) is 10.8 Å². The van der Waals surface area contributed by atoms with Crippen molar-refractivity contribution < 1.29 is 5.21 Å². The summed E-state index contributed by atoms with van der Waals surface area (Å²) < 4.78 is 0. The summed E-state index contributed by atoms with van der Waals surface area (Å²) in [5.41, 5.74) is 4.69. The van der Waals surface area contributed by atoms with Gasteiger partial charge in [-0.3, -0.25) is 0 Å². The first-order valence-corrected chi connectivity index (χ1v) is 9.37. The maximum absolute atomic E-state index is 10.6. The van der Waals surface area contributed by atoms with Gasteiger partial charge in [0.1, 0.15) is 0 Å². The molecular formula is C25H25NO. The number of aryl methyl sites for hydroxylation is 1. The van der Waals surface area contributed by atoms with Crippen LogP contribution in [-0.4, -0.2) is 10.3 Å². The van der Waals surface area contributed by atoms with Crippen molar-refractivity contribution in [1.82, 2.24) is 5.06 Å². The molecule has 0 bridgehead atoms. The summed E-state index contributed by atoms with van der Waals surface area (Å²) in [7, 11) is 0. The van der Waals surface area contributed by atoms with Crippen LogP contribution in [0.1, 0.15) is 55.5 Å². The molecule has 136 valence electrons. The van der Waals surface area contributed by atoms with Crippen molar-refractivity contribution >= 4 is 10.8 Å². The SMILES string of the molecule is Cc1cc(C#Cc2ccc3c(c2)C(C)(C)N(O)C3(C)C)cc2ccccc12. The fraction of sp³-hybridized carbons (Fsp3) is 0.280. The van der Waals surface area contributed by atoms with Crippen molar-refractivity contribution in [3.8, 4) is 11.8 Å². The largest absolute Gasteiger partial charge is 0.312 e. The molecule has 0 aliphatic carbocycles. The molecule has 1 heterocycles. The number of rotatable bonds is 0. The van der Waals surface area contributed by atoms with E-state index in [1.54, 1.807) is 0 Å². The van der Waals surface area contributed by atoms with Crippen molar-refractivity contribution in [2.45, 2.75) is 45.7 Å². The third-order valence-electron chi connectivity index (χ3n) is 5.82. The van der Waals surface area contributed by atoms with E-state index in [0.29, 0.717) is 0 Å². The zero-order chi connectivity index (χ0) is 19.4. The molecule has 2 heteroatoms. The van der Waals surface area contributed by atoms with Crippen LogP contribution < -0.4 is 0 Å². The van der Waals surface area contributed by atoms with Crippen LogP contribution in [0, 0.1) is 18.8 Å². The van der Waals surface area contributed by atoms with Crippen molar-refractivity contribution in [3.05, 3.63) is 82.4 Å². The molecule has 0 unspecified atom stereocenters. The summed E-state index contributed by atoms with van der Waals surface area (Å²) in [5, 5.41) is 14.6. The Hall–Kier alpha value is -2.60. The second kappa shape index (κ2) is 5.96. The molecule has 2 nitrogen and oxygen atoms in total. The highest BCUT2D eigenvalue weighted by atomic mass is 16.5. The van der Waals surface area contributed by atoms with Crippen molar-refractivity contribution in [3.63, 3.8) is 0 Å². The van der Waals surface area contributed by atoms with Gasteiger partial charge >= 0.3 is 0 Å². The van der Waals surface area contributed by atoms with E-state index in [1.165, 1.54) is 21.4 Å². The number of hydroxylamine groups is 2. The Kier molecular flexibility index (Phi) is 3.93. The van der Waals surface area contributed by atoms with Gasteiger partial charge in [-0.05, 0) is 86.3 Å². The lowest BCUT2D eigenvalue weighted by Crippen LogP contribution is -2.42. The van der Waals surface area contributed by atoms with Gasteiger partial charge in [0.15, 0.2) is 0 Å². The van der Waals surface area contributed by atoms with Crippen LogP contribution in [0.3, 0.4) is 0 Å². The molecule has 0 aromatic heterocycles. The Morgan fingerprint density at radius 1 is 0.778 bits per heavy atom. The van der Waals surface area contributed by atoms with E-state index in [9.17, 15) is 5.21 Å². The van der Waals surface area contributed by atoms with Gasteiger partial charge < -0.3 is 5.21 Å². The van der Waals surface area contributed by atoms with E-state index in [0.717, 1.165) is 22.3 Å². The van der Waals surface area contributed by atoms with E-state index in [2.05, 4.69) is 73.4 Å². The molecule has 0 fully saturated rings. The van der Waals surface area contributed by atoms with E-state index < -0.39 is 11.1 Å². The number of benzene rings is 3. The van der Waals surface area contributed by atoms with Crippen LogP contribution >= 0.6 is 0 Å².